The molecule has 3 rings (SSSR count). The Balaban J connectivity index is 1.68. The van der Waals surface area contributed by atoms with Gasteiger partial charge in [0.15, 0.2) is 0 Å². The Bertz CT molecular complexity index is 884. The van der Waals surface area contributed by atoms with Gasteiger partial charge in [-0.2, -0.15) is 5.10 Å². The van der Waals surface area contributed by atoms with Gasteiger partial charge in [0, 0.05) is 18.1 Å². The van der Waals surface area contributed by atoms with E-state index in [1.165, 1.54) is 0 Å². The van der Waals surface area contributed by atoms with Gasteiger partial charge in [0.1, 0.15) is 6.04 Å². The predicted molar refractivity (Wildman–Crippen MR) is 103 cm³/mol. The number of rotatable bonds is 5. The van der Waals surface area contributed by atoms with Crippen LogP contribution in [0.3, 0.4) is 0 Å². The van der Waals surface area contributed by atoms with Gasteiger partial charge in [-0.3, -0.25) is 14.5 Å². The van der Waals surface area contributed by atoms with E-state index in [0.717, 1.165) is 28.1 Å². The van der Waals surface area contributed by atoms with E-state index in [1.54, 1.807) is 10.9 Å². The maximum atomic E-state index is 12.6. The third kappa shape index (κ3) is 3.82. The first kappa shape index (κ1) is 17.9. The van der Waals surface area contributed by atoms with Crippen molar-refractivity contribution < 1.29 is 4.79 Å². The van der Waals surface area contributed by atoms with E-state index in [-0.39, 0.29) is 18.0 Å². The van der Waals surface area contributed by atoms with Gasteiger partial charge in [0.25, 0.3) is 0 Å². The number of nitrogens with one attached hydrogen (secondary N) is 1. The highest BCUT2D eigenvalue weighted by atomic mass is 16.2. The Labute approximate surface area is 154 Å². The van der Waals surface area contributed by atoms with Crippen LogP contribution in [0.4, 0.5) is 0 Å². The summed E-state index contributed by atoms with van der Waals surface area (Å²) in [5.41, 5.74) is 5.15. The van der Waals surface area contributed by atoms with Crippen molar-refractivity contribution in [1.29, 1.82) is 0 Å². The normalized spacial score (nSPS) is 13.2. The van der Waals surface area contributed by atoms with E-state index >= 15 is 0 Å². The average Bonchev–Trinajstić information content (AvgIpc) is 3.00. The molecule has 26 heavy (non-hydrogen) atoms. The Morgan fingerprint density at radius 2 is 1.81 bits per heavy atom. The molecule has 0 unspecified atom stereocenters. The minimum Gasteiger partial charge on any atom is -0.348 e. The van der Waals surface area contributed by atoms with E-state index in [2.05, 4.69) is 27.5 Å². The molecule has 5 nitrogen and oxygen atoms in total. The number of hydrogen-bond donors (Lipinski definition) is 1. The van der Waals surface area contributed by atoms with Gasteiger partial charge >= 0.3 is 0 Å². The van der Waals surface area contributed by atoms with Gasteiger partial charge in [0.2, 0.25) is 5.91 Å². The van der Waals surface area contributed by atoms with Crippen LogP contribution in [0.2, 0.25) is 0 Å². The molecule has 5 heteroatoms. The lowest BCUT2D eigenvalue weighted by Crippen LogP contribution is -2.33. The lowest BCUT2D eigenvalue weighted by atomic mass is 10.0. The van der Waals surface area contributed by atoms with Crippen molar-refractivity contribution in [2.45, 2.75) is 39.8 Å². The molecule has 1 N–H and O–H groups in total. The number of hydrogen-bond acceptors (Lipinski definition) is 3. The van der Waals surface area contributed by atoms with Crippen LogP contribution in [0.25, 0.3) is 11.1 Å². The molecule has 0 radical (unpaired) electrons. The fraction of sp³-hybridized carbons (Fsp3) is 0.286. The summed E-state index contributed by atoms with van der Waals surface area (Å²) in [6, 6.07) is 13.7. The number of aromatic nitrogens is 3. The maximum absolute atomic E-state index is 12.6. The zero-order chi connectivity index (χ0) is 18.7. The van der Waals surface area contributed by atoms with Crippen LogP contribution < -0.4 is 5.32 Å². The maximum Gasteiger partial charge on any atom is 0.245 e. The van der Waals surface area contributed by atoms with Crippen molar-refractivity contribution in [1.82, 2.24) is 20.1 Å². The van der Waals surface area contributed by atoms with Crippen LogP contribution in [-0.4, -0.2) is 20.7 Å². The van der Waals surface area contributed by atoms with Crippen molar-refractivity contribution in [3.63, 3.8) is 0 Å². The topological polar surface area (TPSA) is 59.8 Å². The van der Waals surface area contributed by atoms with Gasteiger partial charge in [-0.05, 0) is 56.5 Å². The number of pyridine rings is 1. The van der Waals surface area contributed by atoms with Crippen LogP contribution in [-0.2, 0) is 4.79 Å². The summed E-state index contributed by atoms with van der Waals surface area (Å²) in [4.78, 5) is 16.7. The smallest absolute Gasteiger partial charge is 0.245 e. The molecule has 0 spiro atoms. The van der Waals surface area contributed by atoms with Crippen molar-refractivity contribution >= 4 is 5.91 Å². The molecule has 1 aromatic carbocycles. The Hall–Kier alpha value is -2.95. The summed E-state index contributed by atoms with van der Waals surface area (Å²) in [5.74, 6) is -0.0416. The summed E-state index contributed by atoms with van der Waals surface area (Å²) in [6.45, 7) is 7.75. The second-order valence-corrected chi connectivity index (χ2v) is 6.64. The Morgan fingerprint density at radius 3 is 2.38 bits per heavy atom. The van der Waals surface area contributed by atoms with E-state index in [0.29, 0.717) is 0 Å². The van der Waals surface area contributed by atoms with Crippen molar-refractivity contribution in [3.8, 4) is 11.1 Å². The summed E-state index contributed by atoms with van der Waals surface area (Å²) in [7, 11) is 0. The average molecular weight is 348 g/mol. The first-order valence-corrected chi connectivity index (χ1v) is 8.79. The molecule has 2 heterocycles. The zero-order valence-corrected chi connectivity index (χ0v) is 15.6. The number of benzene rings is 1. The van der Waals surface area contributed by atoms with Gasteiger partial charge in [-0.15, -0.1) is 0 Å². The molecule has 3 aromatic rings. The molecule has 0 saturated carbocycles. The van der Waals surface area contributed by atoms with Crippen LogP contribution >= 0.6 is 0 Å². The minimum atomic E-state index is -0.346. The highest BCUT2D eigenvalue weighted by Crippen LogP contribution is 2.21. The molecule has 0 bridgehead atoms. The van der Waals surface area contributed by atoms with Gasteiger partial charge in [-0.25, -0.2) is 0 Å². The molecular weight excluding hydrogens is 324 g/mol. The van der Waals surface area contributed by atoms with Gasteiger partial charge in [0.05, 0.1) is 11.7 Å². The first-order valence-electron chi connectivity index (χ1n) is 8.79. The molecule has 0 fully saturated rings. The monoisotopic (exact) mass is 348 g/mol. The van der Waals surface area contributed by atoms with E-state index in [9.17, 15) is 4.79 Å². The molecule has 2 atom stereocenters. The van der Waals surface area contributed by atoms with Crippen molar-refractivity contribution in [2.75, 3.05) is 0 Å². The van der Waals surface area contributed by atoms with Crippen molar-refractivity contribution in [3.05, 3.63) is 71.8 Å². The first-order chi connectivity index (χ1) is 12.5. The lowest BCUT2D eigenvalue weighted by Gasteiger charge is -2.19. The molecule has 0 aliphatic heterocycles. The summed E-state index contributed by atoms with van der Waals surface area (Å²) >= 11 is 0. The minimum absolute atomic E-state index is 0.0416. The molecule has 1 amide bonds. The zero-order valence-electron chi connectivity index (χ0n) is 15.6. The Kier molecular flexibility index (Phi) is 5.16. The highest BCUT2D eigenvalue weighted by Gasteiger charge is 2.20. The number of aryl methyl sites for hydroxylation is 2. The quantitative estimate of drug-likeness (QED) is 0.758. The van der Waals surface area contributed by atoms with Gasteiger partial charge < -0.3 is 5.32 Å². The molecular formula is C21H24N4O. The molecule has 0 saturated heterocycles. The van der Waals surface area contributed by atoms with E-state index in [4.69, 9.17) is 0 Å². The van der Waals surface area contributed by atoms with Gasteiger partial charge in [-0.1, -0.05) is 30.3 Å². The fourth-order valence-corrected chi connectivity index (χ4v) is 3.06. The molecule has 134 valence electrons. The summed E-state index contributed by atoms with van der Waals surface area (Å²) < 4.78 is 1.77. The van der Waals surface area contributed by atoms with Crippen LogP contribution in [0, 0.1) is 13.8 Å². The number of nitrogens with zero attached hydrogens (tertiary/aromatic N) is 3. The van der Waals surface area contributed by atoms with Crippen LogP contribution in [0.15, 0.2) is 54.9 Å². The fourth-order valence-electron chi connectivity index (χ4n) is 3.06. The summed E-state index contributed by atoms with van der Waals surface area (Å²) in [6.07, 6.45) is 3.61. The summed E-state index contributed by atoms with van der Waals surface area (Å²) in [5, 5.41) is 7.48. The highest BCUT2D eigenvalue weighted by molar-refractivity contribution is 5.80. The SMILES string of the molecule is Cc1cc(C)n([C@@H](C)C(=O)N[C@@H](C)c2ccc(-c3cccnc3)cc2)n1. The molecule has 2 aromatic heterocycles. The van der Waals surface area contributed by atoms with E-state index in [1.807, 2.05) is 64.2 Å². The number of amides is 1. The lowest BCUT2D eigenvalue weighted by molar-refractivity contribution is -0.124. The number of carbonyl (C=O) groups is 1. The number of carbonyl (C=O) groups excluding carboxylic acids is 1. The molecule has 0 aliphatic rings. The second-order valence-electron chi connectivity index (χ2n) is 6.64. The van der Waals surface area contributed by atoms with Crippen LogP contribution in [0.5, 0.6) is 0 Å². The van der Waals surface area contributed by atoms with Crippen molar-refractivity contribution in [2.24, 2.45) is 0 Å². The Morgan fingerprint density at radius 1 is 1.08 bits per heavy atom. The third-order valence-electron chi connectivity index (χ3n) is 4.56. The third-order valence-corrected chi connectivity index (χ3v) is 4.56. The van der Waals surface area contributed by atoms with Crippen LogP contribution in [0.1, 0.15) is 42.9 Å². The molecule has 0 aliphatic carbocycles. The largest absolute Gasteiger partial charge is 0.348 e. The standard InChI is InChI=1S/C21H24N4O/c1-14-12-15(2)25(24-14)17(4)21(26)23-16(3)18-7-9-19(10-8-18)20-6-5-11-22-13-20/h5-13,16-17H,1-4H3,(H,23,26)/t16-,17-/m0/s1. The van der Waals surface area contributed by atoms with E-state index < -0.39 is 0 Å². The predicted octanol–water partition coefficient (Wildman–Crippen LogP) is 4.00. The second kappa shape index (κ2) is 7.52.